The van der Waals surface area contributed by atoms with Crippen molar-refractivity contribution < 1.29 is 18.0 Å². The standard InChI is InChI=1S/C10H6F3NOS/c11-10(12,13)8-4-2-1-3-7(8)9(15)5-16-6-14/h1-4H,5H2. The fourth-order valence-electron chi connectivity index (χ4n) is 1.15. The zero-order valence-corrected chi connectivity index (χ0v) is 8.73. The van der Waals surface area contributed by atoms with Gasteiger partial charge in [0.05, 0.1) is 11.3 Å². The van der Waals surface area contributed by atoms with Crippen molar-refractivity contribution in [3.05, 3.63) is 35.4 Å². The van der Waals surface area contributed by atoms with Gasteiger partial charge < -0.3 is 0 Å². The van der Waals surface area contributed by atoms with Gasteiger partial charge in [-0.3, -0.25) is 4.79 Å². The Labute approximate surface area is 94.1 Å². The van der Waals surface area contributed by atoms with E-state index in [9.17, 15) is 18.0 Å². The van der Waals surface area contributed by atoms with Crippen molar-refractivity contribution in [2.24, 2.45) is 0 Å². The van der Waals surface area contributed by atoms with E-state index >= 15 is 0 Å². The van der Waals surface area contributed by atoms with E-state index in [1.165, 1.54) is 12.1 Å². The van der Waals surface area contributed by atoms with Crippen LogP contribution in [0.25, 0.3) is 0 Å². The molecule has 0 atom stereocenters. The van der Waals surface area contributed by atoms with E-state index in [4.69, 9.17) is 5.26 Å². The van der Waals surface area contributed by atoms with Crippen LogP contribution in [0.1, 0.15) is 15.9 Å². The molecule has 0 radical (unpaired) electrons. The minimum Gasteiger partial charge on any atom is -0.293 e. The molecular formula is C10H6F3NOS. The first-order valence-electron chi connectivity index (χ1n) is 4.17. The minimum atomic E-state index is -4.55. The summed E-state index contributed by atoms with van der Waals surface area (Å²) >= 11 is 0.619. The molecule has 0 fully saturated rings. The number of hydrogen-bond donors (Lipinski definition) is 0. The van der Waals surface area contributed by atoms with Crippen LogP contribution in [0, 0.1) is 10.7 Å². The number of nitrogens with zero attached hydrogens (tertiary/aromatic N) is 1. The van der Waals surface area contributed by atoms with E-state index in [1.807, 2.05) is 0 Å². The molecule has 0 amide bonds. The van der Waals surface area contributed by atoms with Crippen molar-refractivity contribution in [2.45, 2.75) is 6.18 Å². The number of Topliss-reactive ketones (excluding diaryl/α,β-unsaturated/α-hetero) is 1. The normalized spacial score (nSPS) is 10.9. The molecule has 0 saturated heterocycles. The number of carbonyl (C=O) groups is 1. The first-order valence-corrected chi connectivity index (χ1v) is 5.15. The van der Waals surface area contributed by atoms with Gasteiger partial charge in [0.1, 0.15) is 5.40 Å². The van der Waals surface area contributed by atoms with E-state index in [2.05, 4.69) is 0 Å². The zero-order valence-electron chi connectivity index (χ0n) is 7.91. The van der Waals surface area contributed by atoms with Crippen LogP contribution in [0.2, 0.25) is 0 Å². The third kappa shape index (κ3) is 3.00. The Morgan fingerprint density at radius 2 is 2.00 bits per heavy atom. The second-order valence-electron chi connectivity index (χ2n) is 2.85. The molecule has 0 spiro atoms. The molecule has 0 bridgehead atoms. The Bertz CT molecular complexity index is 436. The number of carbonyl (C=O) groups excluding carboxylic acids is 1. The van der Waals surface area contributed by atoms with Crippen molar-refractivity contribution in [3.63, 3.8) is 0 Å². The molecule has 0 unspecified atom stereocenters. The van der Waals surface area contributed by atoms with Crippen LogP contribution in [0.3, 0.4) is 0 Å². The number of benzene rings is 1. The summed E-state index contributed by atoms with van der Waals surface area (Å²) in [5, 5.41) is 9.87. The van der Waals surface area contributed by atoms with Crippen LogP contribution in [-0.2, 0) is 6.18 Å². The molecule has 2 nitrogen and oxygen atoms in total. The third-order valence-corrected chi connectivity index (χ3v) is 2.34. The third-order valence-electron chi connectivity index (χ3n) is 1.80. The number of ketones is 1. The maximum Gasteiger partial charge on any atom is 0.417 e. The highest BCUT2D eigenvalue weighted by molar-refractivity contribution is 8.04. The number of rotatable bonds is 3. The van der Waals surface area contributed by atoms with E-state index < -0.39 is 23.1 Å². The van der Waals surface area contributed by atoms with E-state index in [1.54, 1.807) is 5.40 Å². The lowest BCUT2D eigenvalue weighted by Gasteiger charge is -2.10. The summed E-state index contributed by atoms with van der Waals surface area (Å²) in [6.07, 6.45) is -4.55. The second kappa shape index (κ2) is 5.03. The summed E-state index contributed by atoms with van der Waals surface area (Å²) in [4.78, 5) is 11.4. The second-order valence-corrected chi connectivity index (χ2v) is 3.61. The molecule has 0 heterocycles. The highest BCUT2D eigenvalue weighted by atomic mass is 32.2. The van der Waals surface area contributed by atoms with Crippen molar-refractivity contribution in [1.82, 2.24) is 0 Å². The fourth-order valence-corrected chi connectivity index (χ4v) is 1.50. The largest absolute Gasteiger partial charge is 0.417 e. The highest BCUT2D eigenvalue weighted by Gasteiger charge is 2.34. The number of nitriles is 1. The first-order chi connectivity index (χ1) is 7.46. The lowest BCUT2D eigenvalue weighted by molar-refractivity contribution is -0.137. The molecular weight excluding hydrogens is 239 g/mol. The summed E-state index contributed by atoms with van der Waals surface area (Å²) in [5.41, 5.74) is -1.35. The molecule has 0 aliphatic heterocycles. The summed E-state index contributed by atoms with van der Waals surface area (Å²) in [6, 6.07) is 4.55. The van der Waals surface area contributed by atoms with Crippen molar-refractivity contribution >= 4 is 17.5 Å². The summed E-state index contributed by atoms with van der Waals surface area (Å²) < 4.78 is 37.5. The Kier molecular flexibility index (Phi) is 3.96. The SMILES string of the molecule is N#CSCC(=O)c1ccccc1C(F)(F)F. The molecule has 1 aromatic carbocycles. The van der Waals surface area contributed by atoms with Gasteiger partial charge in [0.15, 0.2) is 5.78 Å². The molecule has 6 heteroatoms. The number of halogens is 3. The Hall–Kier alpha value is -1.48. The lowest BCUT2D eigenvalue weighted by atomic mass is 10.0. The Morgan fingerprint density at radius 3 is 2.56 bits per heavy atom. The maximum absolute atomic E-state index is 12.5. The van der Waals surface area contributed by atoms with Gasteiger partial charge in [0, 0.05) is 5.56 Å². The minimum absolute atomic E-state index is 0.274. The van der Waals surface area contributed by atoms with Crippen LogP contribution >= 0.6 is 11.8 Å². The highest BCUT2D eigenvalue weighted by Crippen LogP contribution is 2.32. The van der Waals surface area contributed by atoms with Gasteiger partial charge in [-0.25, -0.2) is 0 Å². The number of alkyl halides is 3. The van der Waals surface area contributed by atoms with E-state index in [0.717, 1.165) is 12.1 Å². The summed E-state index contributed by atoms with van der Waals surface area (Å²) in [5.74, 6) is -0.969. The van der Waals surface area contributed by atoms with Gasteiger partial charge in [0.2, 0.25) is 0 Å². The molecule has 0 saturated carbocycles. The fraction of sp³-hybridized carbons (Fsp3) is 0.200. The lowest BCUT2D eigenvalue weighted by Crippen LogP contribution is -2.14. The van der Waals surface area contributed by atoms with Crippen LogP contribution in [0.15, 0.2) is 24.3 Å². The van der Waals surface area contributed by atoms with Gasteiger partial charge in [-0.1, -0.05) is 18.2 Å². The number of hydrogen-bond acceptors (Lipinski definition) is 3. The first kappa shape index (κ1) is 12.6. The van der Waals surface area contributed by atoms with E-state index in [-0.39, 0.29) is 5.75 Å². The average molecular weight is 245 g/mol. The summed E-state index contributed by atoms with van der Waals surface area (Å²) in [7, 11) is 0. The van der Waals surface area contributed by atoms with Crippen LogP contribution in [0.4, 0.5) is 13.2 Å². The van der Waals surface area contributed by atoms with Crippen LogP contribution < -0.4 is 0 Å². The predicted octanol–water partition coefficient (Wildman–Crippen LogP) is 3.10. The zero-order chi connectivity index (χ0) is 12.2. The van der Waals surface area contributed by atoms with Gasteiger partial charge in [-0.15, -0.1) is 0 Å². The van der Waals surface area contributed by atoms with E-state index in [0.29, 0.717) is 11.8 Å². The quantitative estimate of drug-likeness (QED) is 0.607. The topological polar surface area (TPSA) is 40.9 Å². The smallest absolute Gasteiger partial charge is 0.293 e. The molecule has 0 aliphatic carbocycles. The van der Waals surface area contributed by atoms with Gasteiger partial charge >= 0.3 is 6.18 Å². The predicted molar refractivity (Wildman–Crippen MR) is 53.8 cm³/mol. The average Bonchev–Trinajstić information content (AvgIpc) is 2.24. The molecule has 1 aromatic rings. The molecule has 1 rings (SSSR count). The summed E-state index contributed by atoms with van der Waals surface area (Å²) in [6.45, 7) is 0. The molecule has 84 valence electrons. The van der Waals surface area contributed by atoms with Crippen molar-refractivity contribution in [3.8, 4) is 5.40 Å². The van der Waals surface area contributed by atoms with Crippen LogP contribution in [0.5, 0.6) is 0 Å². The van der Waals surface area contributed by atoms with Crippen molar-refractivity contribution in [2.75, 3.05) is 5.75 Å². The van der Waals surface area contributed by atoms with Crippen LogP contribution in [-0.4, -0.2) is 11.5 Å². The molecule has 0 aliphatic rings. The molecule has 0 aromatic heterocycles. The van der Waals surface area contributed by atoms with Crippen molar-refractivity contribution in [1.29, 1.82) is 5.26 Å². The Morgan fingerprint density at radius 1 is 1.38 bits per heavy atom. The van der Waals surface area contributed by atoms with Gasteiger partial charge in [-0.2, -0.15) is 18.4 Å². The number of thiocyanates is 1. The van der Waals surface area contributed by atoms with Gasteiger partial charge in [0.25, 0.3) is 0 Å². The molecule has 0 N–H and O–H groups in total. The van der Waals surface area contributed by atoms with Gasteiger partial charge in [-0.05, 0) is 17.8 Å². The Balaban J connectivity index is 3.05. The molecule has 16 heavy (non-hydrogen) atoms. The number of thioether (sulfide) groups is 1. The maximum atomic E-state index is 12.5. The monoisotopic (exact) mass is 245 g/mol.